The highest BCUT2D eigenvalue weighted by atomic mass is 16.2. The van der Waals surface area contributed by atoms with Gasteiger partial charge >= 0.3 is 0 Å². The number of fused-ring (bicyclic) bond motifs is 3. The number of nitrogens with zero attached hydrogens (tertiary/aromatic N) is 2. The van der Waals surface area contributed by atoms with Crippen LogP contribution >= 0.6 is 0 Å². The molecule has 1 aliphatic heterocycles. The molecule has 32 heavy (non-hydrogen) atoms. The van der Waals surface area contributed by atoms with Gasteiger partial charge in [-0.15, -0.1) is 0 Å². The normalized spacial score (nSPS) is 14.8. The molecule has 3 heterocycles. The summed E-state index contributed by atoms with van der Waals surface area (Å²) >= 11 is 0. The average molecular weight is 435 g/mol. The van der Waals surface area contributed by atoms with Crippen LogP contribution in [0, 0.1) is 0 Å². The summed E-state index contributed by atoms with van der Waals surface area (Å²) in [5.74, 6) is 0.218. The van der Waals surface area contributed by atoms with Crippen LogP contribution in [0.5, 0.6) is 0 Å². The third kappa shape index (κ3) is 4.52. The molecule has 0 radical (unpaired) electrons. The number of amides is 2. The van der Waals surface area contributed by atoms with E-state index >= 15 is 0 Å². The summed E-state index contributed by atoms with van der Waals surface area (Å²) in [4.78, 5) is 46.8. The summed E-state index contributed by atoms with van der Waals surface area (Å²) in [5.41, 5.74) is 1.83. The third-order valence-electron chi connectivity index (χ3n) is 6.12. The van der Waals surface area contributed by atoms with Gasteiger partial charge in [0.05, 0.1) is 16.6 Å². The zero-order valence-electron chi connectivity index (χ0n) is 18.7. The van der Waals surface area contributed by atoms with Crippen molar-refractivity contribution in [3.63, 3.8) is 0 Å². The van der Waals surface area contributed by atoms with Crippen molar-refractivity contribution in [1.29, 1.82) is 0 Å². The molecule has 1 aromatic carbocycles. The molecule has 1 aliphatic rings. The molecule has 2 aromatic heterocycles. The number of hydrogen-bond acceptors (Lipinski definition) is 4. The van der Waals surface area contributed by atoms with Crippen LogP contribution in [0.1, 0.15) is 67.9 Å². The Morgan fingerprint density at radius 2 is 2.00 bits per heavy atom. The first-order valence-corrected chi connectivity index (χ1v) is 11.5. The van der Waals surface area contributed by atoms with Crippen molar-refractivity contribution in [1.82, 2.24) is 20.2 Å². The maximum absolute atomic E-state index is 12.8. The zero-order valence-corrected chi connectivity index (χ0v) is 18.7. The second-order valence-corrected chi connectivity index (χ2v) is 8.78. The van der Waals surface area contributed by atoms with E-state index < -0.39 is 0 Å². The number of carbonyl (C=O) groups excluding carboxylic acids is 2. The first-order valence-electron chi connectivity index (χ1n) is 11.5. The summed E-state index contributed by atoms with van der Waals surface area (Å²) in [6, 6.07) is 7.24. The van der Waals surface area contributed by atoms with E-state index in [1.54, 1.807) is 24.4 Å². The largest absolute Gasteiger partial charge is 0.352 e. The lowest BCUT2D eigenvalue weighted by molar-refractivity contribution is -0.130. The van der Waals surface area contributed by atoms with Gasteiger partial charge in [-0.1, -0.05) is 26.3 Å². The molecule has 2 N–H and O–H groups in total. The van der Waals surface area contributed by atoms with Gasteiger partial charge < -0.3 is 15.2 Å². The van der Waals surface area contributed by atoms with Crippen molar-refractivity contribution >= 4 is 33.5 Å². The van der Waals surface area contributed by atoms with Crippen molar-refractivity contribution in [3.8, 4) is 0 Å². The Labute approximate surface area is 187 Å². The minimum Gasteiger partial charge on any atom is -0.352 e. The second kappa shape index (κ2) is 9.51. The first kappa shape index (κ1) is 22.0. The third-order valence-corrected chi connectivity index (χ3v) is 6.12. The number of likely N-dealkylation sites (tertiary alicyclic amines) is 1. The molecule has 3 aromatic rings. The van der Waals surface area contributed by atoms with Gasteiger partial charge in [-0.3, -0.25) is 19.4 Å². The van der Waals surface area contributed by atoms with E-state index in [1.807, 2.05) is 11.0 Å². The van der Waals surface area contributed by atoms with Gasteiger partial charge in [-0.05, 0) is 48.8 Å². The predicted molar refractivity (Wildman–Crippen MR) is 126 cm³/mol. The van der Waals surface area contributed by atoms with Gasteiger partial charge in [0, 0.05) is 43.2 Å². The quantitative estimate of drug-likeness (QED) is 0.457. The monoisotopic (exact) mass is 434 g/mol. The van der Waals surface area contributed by atoms with E-state index in [0.717, 1.165) is 48.7 Å². The molecule has 2 amide bonds. The Hall–Kier alpha value is -3.22. The number of rotatable bonds is 6. The zero-order chi connectivity index (χ0) is 22.7. The van der Waals surface area contributed by atoms with Crippen molar-refractivity contribution in [3.05, 3.63) is 52.1 Å². The number of benzene rings is 1. The average Bonchev–Trinajstić information content (AvgIpc) is 2.99. The van der Waals surface area contributed by atoms with Gasteiger partial charge in [0.2, 0.25) is 5.91 Å². The van der Waals surface area contributed by atoms with Gasteiger partial charge in [0.25, 0.3) is 11.5 Å². The smallest absolute Gasteiger partial charge is 0.258 e. The summed E-state index contributed by atoms with van der Waals surface area (Å²) in [5, 5.41) is 5.08. The van der Waals surface area contributed by atoms with E-state index in [1.165, 1.54) is 0 Å². The van der Waals surface area contributed by atoms with Crippen LogP contribution in [0.4, 0.5) is 0 Å². The molecular formula is C25H30N4O3. The Bertz CT molecular complexity index is 1210. The molecule has 0 unspecified atom stereocenters. The van der Waals surface area contributed by atoms with Crippen LogP contribution in [0.3, 0.4) is 0 Å². The Balaban J connectivity index is 1.53. The van der Waals surface area contributed by atoms with Crippen LogP contribution in [0.2, 0.25) is 0 Å². The van der Waals surface area contributed by atoms with Gasteiger partial charge in [0.15, 0.2) is 0 Å². The van der Waals surface area contributed by atoms with Crippen molar-refractivity contribution < 1.29 is 9.59 Å². The van der Waals surface area contributed by atoms with Crippen molar-refractivity contribution in [2.45, 2.75) is 51.9 Å². The highest BCUT2D eigenvalue weighted by Gasteiger charge is 2.17. The number of hydrogen-bond donors (Lipinski definition) is 2. The van der Waals surface area contributed by atoms with Gasteiger partial charge in [0.1, 0.15) is 0 Å². The van der Waals surface area contributed by atoms with Crippen molar-refractivity contribution in [2.24, 2.45) is 0 Å². The van der Waals surface area contributed by atoms with Gasteiger partial charge in [-0.25, -0.2) is 0 Å². The molecule has 0 atom stereocenters. The molecule has 0 aliphatic carbocycles. The van der Waals surface area contributed by atoms with Crippen LogP contribution in [0.25, 0.3) is 21.7 Å². The van der Waals surface area contributed by atoms with E-state index in [2.05, 4.69) is 24.1 Å². The summed E-state index contributed by atoms with van der Waals surface area (Å²) in [6.07, 6.45) is 6.07. The SMILES string of the molecule is CC(C)c1nc2cc[nH]c(=O)c2c2cc(C(=O)NCCCN3CCCCCC3=O)ccc12. The lowest BCUT2D eigenvalue weighted by atomic mass is 9.97. The van der Waals surface area contributed by atoms with Crippen LogP contribution < -0.4 is 10.9 Å². The highest BCUT2D eigenvalue weighted by Crippen LogP contribution is 2.29. The molecule has 0 bridgehead atoms. The summed E-state index contributed by atoms with van der Waals surface area (Å²) < 4.78 is 0. The standard InChI is InChI=1S/C25H30N4O3/c1-16(2)23-18-9-8-17(15-19(18)22-20(28-23)10-12-27-25(22)32)24(31)26-11-6-14-29-13-5-3-4-7-21(29)30/h8-10,12,15-16H,3-7,11,13-14H2,1-2H3,(H,26,31)(H,27,32). The Kier molecular flexibility index (Phi) is 6.53. The van der Waals surface area contributed by atoms with Crippen LogP contribution in [0.15, 0.2) is 35.3 Å². The fraction of sp³-hybridized carbons (Fsp3) is 0.440. The molecule has 7 heteroatoms. The van der Waals surface area contributed by atoms with Crippen LogP contribution in [-0.4, -0.2) is 46.3 Å². The molecule has 4 rings (SSSR count). The second-order valence-electron chi connectivity index (χ2n) is 8.78. The number of pyridine rings is 2. The molecule has 0 spiro atoms. The Morgan fingerprint density at radius 3 is 2.81 bits per heavy atom. The number of nitrogens with one attached hydrogen (secondary N) is 2. The highest BCUT2D eigenvalue weighted by molar-refractivity contribution is 6.09. The van der Waals surface area contributed by atoms with E-state index in [4.69, 9.17) is 4.98 Å². The maximum atomic E-state index is 12.8. The minimum absolute atomic E-state index is 0.183. The first-order chi connectivity index (χ1) is 15.5. The Morgan fingerprint density at radius 1 is 1.16 bits per heavy atom. The lowest BCUT2D eigenvalue weighted by Crippen LogP contribution is -2.34. The molecule has 7 nitrogen and oxygen atoms in total. The van der Waals surface area contributed by atoms with E-state index in [9.17, 15) is 14.4 Å². The fourth-order valence-corrected chi connectivity index (χ4v) is 4.42. The van der Waals surface area contributed by atoms with E-state index in [-0.39, 0.29) is 23.3 Å². The molecule has 0 saturated carbocycles. The van der Waals surface area contributed by atoms with Crippen LogP contribution in [-0.2, 0) is 4.79 Å². The number of H-pyrrole nitrogens is 1. The summed E-state index contributed by atoms with van der Waals surface area (Å²) in [7, 11) is 0. The van der Waals surface area contributed by atoms with Crippen molar-refractivity contribution in [2.75, 3.05) is 19.6 Å². The molecule has 1 fully saturated rings. The van der Waals surface area contributed by atoms with E-state index in [0.29, 0.717) is 36.0 Å². The molecule has 1 saturated heterocycles. The predicted octanol–water partition coefficient (Wildman–Crippen LogP) is 3.72. The minimum atomic E-state index is -0.213. The molecular weight excluding hydrogens is 404 g/mol. The number of aromatic nitrogens is 2. The lowest BCUT2D eigenvalue weighted by Gasteiger charge is -2.20. The fourth-order valence-electron chi connectivity index (χ4n) is 4.42. The summed E-state index contributed by atoms with van der Waals surface area (Å²) in [6.45, 7) is 6.11. The maximum Gasteiger partial charge on any atom is 0.258 e. The number of aromatic amines is 1. The number of carbonyl (C=O) groups is 2. The molecule has 168 valence electrons. The van der Waals surface area contributed by atoms with Gasteiger partial charge in [-0.2, -0.15) is 0 Å². The topological polar surface area (TPSA) is 95.2 Å².